The van der Waals surface area contributed by atoms with E-state index in [2.05, 4.69) is 16.2 Å². The van der Waals surface area contributed by atoms with Crippen LogP contribution in [0.5, 0.6) is 5.75 Å². The van der Waals surface area contributed by atoms with Crippen molar-refractivity contribution in [2.75, 3.05) is 6.61 Å². The summed E-state index contributed by atoms with van der Waals surface area (Å²) in [6.45, 7) is -0.304. The molecule has 0 atom stereocenters. The maximum absolute atomic E-state index is 11.7. The van der Waals surface area contributed by atoms with E-state index in [1.54, 1.807) is 29.6 Å². The molecule has 0 saturated carbocycles. The van der Waals surface area contributed by atoms with E-state index in [1.807, 2.05) is 0 Å². The van der Waals surface area contributed by atoms with Gasteiger partial charge in [-0.2, -0.15) is 0 Å². The Kier molecular flexibility index (Phi) is 6.80. The third-order valence-corrected chi connectivity index (χ3v) is 4.14. The Morgan fingerprint density at radius 2 is 2.00 bits per heavy atom. The summed E-state index contributed by atoms with van der Waals surface area (Å²) in [4.78, 5) is 23.9. The third-order valence-electron chi connectivity index (χ3n) is 2.54. The minimum absolute atomic E-state index is 0.0595. The molecule has 1 heterocycles. The molecule has 0 aliphatic heterocycles. The zero-order valence-electron chi connectivity index (χ0n) is 12.0. The molecule has 0 aliphatic rings. The Morgan fingerprint density at radius 3 is 2.67 bits per heavy atom. The molecule has 2 aromatic rings. The van der Waals surface area contributed by atoms with Crippen molar-refractivity contribution in [1.29, 1.82) is 0 Å². The highest BCUT2D eigenvalue weighted by Crippen LogP contribution is 2.27. The Balaban J connectivity index is 1.73. The van der Waals surface area contributed by atoms with Crippen LogP contribution >= 0.6 is 46.8 Å². The van der Waals surface area contributed by atoms with E-state index < -0.39 is 5.91 Å². The average Bonchev–Trinajstić information content (AvgIpc) is 3.06. The van der Waals surface area contributed by atoms with E-state index in [4.69, 9.17) is 40.2 Å². The van der Waals surface area contributed by atoms with Crippen molar-refractivity contribution in [2.24, 2.45) is 0 Å². The summed E-state index contributed by atoms with van der Waals surface area (Å²) in [6.07, 6.45) is 0. The van der Waals surface area contributed by atoms with Crippen LogP contribution in [0.3, 0.4) is 0 Å². The fourth-order valence-corrected chi connectivity index (χ4v) is 2.76. The molecule has 24 heavy (non-hydrogen) atoms. The van der Waals surface area contributed by atoms with Crippen molar-refractivity contribution in [3.63, 3.8) is 0 Å². The predicted octanol–water partition coefficient (Wildman–Crippen LogP) is 2.77. The summed E-state index contributed by atoms with van der Waals surface area (Å²) in [6, 6.07) is 8.05. The van der Waals surface area contributed by atoms with Crippen LogP contribution in [-0.4, -0.2) is 23.5 Å². The van der Waals surface area contributed by atoms with Crippen molar-refractivity contribution in [3.8, 4) is 5.75 Å². The molecule has 3 N–H and O–H groups in total. The highest BCUT2D eigenvalue weighted by atomic mass is 35.5. The van der Waals surface area contributed by atoms with E-state index in [-0.39, 0.29) is 17.6 Å². The number of benzene rings is 1. The number of hydrogen-bond donors (Lipinski definition) is 3. The topological polar surface area (TPSA) is 79.5 Å². The lowest BCUT2D eigenvalue weighted by Crippen LogP contribution is -2.49. The summed E-state index contributed by atoms with van der Waals surface area (Å²) in [7, 11) is 0. The average molecular weight is 404 g/mol. The highest BCUT2D eigenvalue weighted by molar-refractivity contribution is 7.80. The highest BCUT2D eigenvalue weighted by Gasteiger charge is 2.10. The number of carbonyl (C=O) groups is 2. The molecule has 0 fully saturated rings. The van der Waals surface area contributed by atoms with Gasteiger partial charge < -0.3 is 4.74 Å². The standard InChI is InChI=1S/C14H11Cl2N3O3S2/c15-8-3-4-10(9(16)6-8)22-7-12(20)17-14(23)19-18-13(21)11-2-1-5-24-11/h1-6H,7H2,(H,18,21)(H2,17,19,20,23). The molecule has 0 radical (unpaired) electrons. The molecule has 2 amide bonds. The molecule has 0 saturated heterocycles. The number of rotatable bonds is 4. The fourth-order valence-electron chi connectivity index (χ4n) is 1.51. The number of thiocarbonyl (C=S) groups is 1. The first kappa shape index (κ1) is 18.5. The maximum Gasteiger partial charge on any atom is 0.279 e. The number of amides is 2. The van der Waals surface area contributed by atoms with Gasteiger partial charge in [0.2, 0.25) is 0 Å². The molecule has 0 spiro atoms. The number of thiophene rings is 1. The molecule has 0 bridgehead atoms. The van der Waals surface area contributed by atoms with E-state index in [0.717, 1.165) is 0 Å². The quantitative estimate of drug-likeness (QED) is 0.540. The maximum atomic E-state index is 11.7. The first-order valence-electron chi connectivity index (χ1n) is 6.47. The number of carbonyl (C=O) groups excluding carboxylic acids is 2. The summed E-state index contributed by atoms with van der Waals surface area (Å²) >= 11 is 17.9. The van der Waals surface area contributed by atoms with Gasteiger partial charge in [0.25, 0.3) is 11.8 Å². The molecule has 1 aromatic carbocycles. The summed E-state index contributed by atoms with van der Waals surface area (Å²) in [5.74, 6) is -0.546. The van der Waals surface area contributed by atoms with Crippen molar-refractivity contribution in [2.45, 2.75) is 0 Å². The van der Waals surface area contributed by atoms with Crippen LogP contribution in [0.25, 0.3) is 0 Å². The zero-order chi connectivity index (χ0) is 17.5. The minimum atomic E-state index is -0.510. The van der Waals surface area contributed by atoms with Crippen molar-refractivity contribution in [1.82, 2.24) is 16.2 Å². The van der Waals surface area contributed by atoms with Gasteiger partial charge in [0.15, 0.2) is 11.7 Å². The van der Waals surface area contributed by atoms with Crippen molar-refractivity contribution in [3.05, 3.63) is 50.6 Å². The van der Waals surface area contributed by atoms with Crippen LogP contribution in [0.4, 0.5) is 0 Å². The Bertz CT molecular complexity index is 754. The predicted molar refractivity (Wildman–Crippen MR) is 97.6 cm³/mol. The second-order valence-electron chi connectivity index (χ2n) is 4.30. The van der Waals surface area contributed by atoms with Crippen molar-refractivity contribution < 1.29 is 14.3 Å². The molecule has 0 unspecified atom stereocenters. The largest absolute Gasteiger partial charge is 0.482 e. The van der Waals surface area contributed by atoms with Gasteiger partial charge in [-0.1, -0.05) is 29.3 Å². The first-order chi connectivity index (χ1) is 11.5. The Morgan fingerprint density at radius 1 is 1.21 bits per heavy atom. The number of hydrogen-bond acceptors (Lipinski definition) is 5. The van der Waals surface area contributed by atoms with Crippen LogP contribution in [0.1, 0.15) is 9.67 Å². The van der Waals surface area contributed by atoms with Crippen LogP contribution in [0.15, 0.2) is 35.7 Å². The Hall–Kier alpha value is -1.87. The molecule has 126 valence electrons. The zero-order valence-corrected chi connectivity index (χ0v) is 15.1. The van der Waals surface area contributed by atoms with Gasteiger partial charge in [-0.25, -0.2) is 0 Å². The first-order valence-corrected chi connectivity index (χ1v) is 8.51. The third kappa shape index (κ3) is 5.64. The normalized spacial score (nSPS) is 9.92. The van der Waals surface area contributed by atoms with Gasteiger partial charge in [-0.15, -0.1) is 11.3 Å². The lowest BCUT2D eigenvalue weighted by Gasteiger charge is -2.11. The number of ether oxygens (including phenoxy) is 1. The summed E-state index contributed by atoms with van der Waals surface area (Å²) < 4.78 is 5.26. The molecule has 2 rings (SSSR count). The SMILES string of the molecule is O=C(COc1ccc(Cl)cc1Cl)NC(=S)NNC(=O)c1cccs1. The minimum Gasteiger partial charge on any atom is -0.482 e. The van der Waals surface area contributed by atoms with Gasteiger partial charge in [0, 0.05) is 5.02 Å². The number of hydrazine groups is 1. The van der Waals surface area contributed by atoms with Crippen LogP contribution < -0.4 is 20.9 Å². The van der Waals surface area contributed by atoms with Crippen LogP contribution in [0, 0.1) is 0 Å². The van der Waals surface area contributed by atoms with Gasteiger partial charge in [-0.05, 0) is 41.9 Å². The summed E-state index contributed by atoms with van der Waals surface area (Å²) in [5.41, 5.74) is 4.79. The van der Waals surface area contributed by atoms with E-state index >= 15 is 0 Å². The van der Waals surface area contributed by atoms with Gasteiger partial charge in [0.05, 0.1) is 9.90 Å². The second kappa shape index (κ2) is 8.84. The van der Waals surface area contributed by atoms with E-state index in [1.165, 1.54) is 17.4 Å². The van der Waals surface area contributed by atoms with Crippen LogP contribution in [-0.2, 0) is 4.79 Å². The summed E-state index contributed by atoms with van der Waals surface area (Å²) in [5, 5.41) is 4.82. The van der Waals surface area contributed by atoms with E-state index in [9.17, 15) is 9.59 Å². The second-order valence-corrected chi connectivity index (χ2v) is 6.50. The lowest BCUT2D eigenvalue weighted by atomic mass is 10.3. The molecule has 0 aliphatic carbocycles. The molecule has 10 heteroatoms. The molecule has 1 aromatic heterocycles. The van der Waals surface area contributed by atoms with Crippen LogP contribution in [0.2, 0.25) is 10.0 Å². The number of nitrogens with one attached hydrogen (secondary N) is 3. The smallest absolute Gasteiger partial charge is 0.279 e. The van der Waals surface area contributed by atoms with Crippen molar-refractivity contribution >= 4 is 63.7 Å². The molecule has 6 nitrogen and oxygen atoms in total. The van der Waals surface area contributed by atoms with Gasteiger partial charge >= 0.3 is 0 Å². The Labute approximate surface area is 157 Å². The van der Waals surface area contributed by atoms with Gasteiger partial charge in [0.1, 0.15) is 5.75 Å². The molecular formula is C14H11Cl2N3O3S2. The van der Waals surface area contributed by atoms with E-state index in [0.29, 0.717) is 20.7 Å². The van der Waals surface area contributed by atoms with Gasteiger partial charge in [-0.3, -0.25) is 25.8 Å². The fraction of sp³-hybridized carbons (Fsp3) is 0.0714. The monoisotopic (exact) mass is 403 g/mol. The number of halogens is 2. The molecular weight excluding hydrogens is 393 g/mol. The lowest BCUT2D eigenvalue weighted by molar-refractivity contribution is -0.121.